The second kappa shape index (κ2) is 9.54. The van der Waals surface area contributed by atoms with E-state index < -0.39 is 23.0 Å². The first kappa shape index (κ1) is 22.9. The summed E-state index contributed by atoms with van der Waals surface area (Å²) in [5, 5.41) is 6.94. The Labute approximate surface area is 177 Å². The van der Waals surface area contributed by atoms with Crippen LogP contribution in [-0.4, -0.2) is 58.5 Å². The average Bonchev–Trinajstić information content (AvgIpc) is 2.75. The third-order valence-electron chi connectivity index (χ3n) is 5.43. The van der Waals surface area contributed by atoms with Crippen LogP contribution in [0.15, 0.2) is 33.9 Å². The van der Waals surface area contributed by atoms with Crippen LogP contribution in [-0.2, 0) is 20.3 Å². The Morgan fingerprint density at radius 3 is 2.45 bits per heavy atom. The van der Waals surface area contributed by atoms with Gasteiger partial charge in [0, 0.05) is 52.5 Å². The minimum atomic E-state index is -4.33. The van der Waals surface area contributed by atoms with Crippen molar-refractivity contribution < 1.29 is 13.2 Å². The zero-order valence-electron chi connectivity index (χ0n) is 17.7. The molecule has 0 spiro atoms. The quantitative estimate of drug-likeness (QED) is 0.658. The number of unbranched alkanes of at least 4 members (excludes halogenated alkanes) is 1. The van der Waals surface area contributed by atoms with Gasteiger partial charge in [0.05, 0.1) is 5.56 Å². The van der Waals surface area contributed by atoms with Crippen molar-refractivity contribution in [2.75, 3.05) is 49.5 Å². The molecule has 1 N–H and O–H groups in total. The second-order valence-corrected chi connectivity index (χ2v) is 7.63. The molecule has 2 aromatic rings. The number of rotatable bonds is 7. The Morgan fingerprint density at radius 1 is 1.06 bits per heavy atom. The van der Waals surface area contributed by atoms with Crippen LogP contribution in [0.1, 0.15) is 18.4 Å². The number of hydrogen-bond donors (Lipinski definition) is 1. The van der Waals surface area contributed by atoms with Crippen molar-refractivity contribution in [2.45, 2.75) is 19.0 Å². The van der Waals surface area contributed by atoms with Gasteiger partial charge < -0.3 is 10.2 Å². The number of aromatic nitrogens is 3. The van der Waals surface area contributed by atoms with Crippen molar-refractivity contribution in [3.05, 3.63) is 50.7 Å². The number of anilines is 2. The summed E-state index contributed by atoms with van der Waals surface area (Å²) in [5.74, 6) is 0.152. The lowest BCUT2D eigenvalue weighted by atomic mass is 10.1. The van der Waals surface area contributed by atoms with Crippen molar-refractivity contribution in [3.63, 3.8) is 0 Å². The third kappa shape index (κ3) is 5.66. The lowest BCUT2D eigenvalue weighted by molar-refractivity contribution is -0.137. The normalized spacial score (nSPS) is 15.3. The van der Waals surface area contributed by atoms with Crippen molar-refractivity contribution in [1.29, 1.82) is 0 Å². The molecular formula is C20H27F3N6O2. The van der Waals surface area contributed by atoms with E-state index in [1.165, 1.54) is 26.2 Å². The van der Waals surface area contributed by atoms with E-state index in [1.807, 2.05) is 4.90 Å². The Bertz CT molecular complexity index is 1010. The lowest BCUT2D eigenvalue weighted by Crippen LogP contribution is -2.46. The fourth-order valence-electron chi connectivity index (χ4n) is 3.59. The Balaban J connectivity index is 1.41. The molecule has 11 heteroatoms. The summed E-state index contributed by atoms with van der Waals surface area (Å²) < 4.78 is 40.9. The summed E-state index contributed by atoms with van der Waals surface area (Å²) in [5.41, 5.74) is -0.943. The number of hydrogen-bond acceptors (Lipinski definition) is 6. The molecule has 0 radical (unpaired) electrons. The monoisotopic (exact) mass is 440 g/mol. The van der Waals surface area contributed by atoms with Crippen LogP contribution in [0.2, 0.25) is 0 Å². The minimum Gasteiger partial charge on any atom is -0.369 e. The molecule has 0 atom stereocenters. The number of alkyl halides is 3. The van der Waals surface area contributed by atoms with E-state index in [0.29, 0.717) is 25.3 Å². The van der Waals surface area contributed by atoms with E-state index in [1.54, 1.807) is 6.07 Å². The Hall–Kier alpha value is -2.82. The second-order valence-electron chi connectivity index (χ2n) is 7.63. The fraction of sp³-hybridized carbons (Fsp3) is 0.550. The van der Waals surface area contributed by atoms with Crippen LogP contribution in [0.25, 0.3) is 0 Å². The molecule has 0 saturated carbocycles. The highest BCUT2D eigenvalue weighted by Crippen LogP contribution is 2.31. The minimum absolute atomic E-state index is 0.152. The fourth-order valence-corrected chi connectivity index (χ4v) is 3.59. The van der Waals surface area contributed by atoms with Gasteiger partial charge in [-0.05, 0) is 37.6 Å². The molecule has 0 unspecified atom stereocenters. The van der Waals surface area contributed by atoms with Crippen molar-refractivity contribution in [3.8, 4) is 0 Å². The van der Waals surface area contributed by atoms with E-state index >= 15 is 0 Å². The molecular weight excluding hydrogens is 413 g/mol. The summed E-state index contributed by atoms with van der Waals surface area (Å²) in [4.78, 5) is 27.9. The molecule has 0 bridgehead atoms. The molecule has 3 rings (SSSR count). The molecule has 0 aliphatic carbocycles. The van der Waals surface area contributed by atoms with Gasteiger partial charge in [0.2, 0.25) is 5.82 Å². The Morgan fingerprint density at radius 2 is 1.77 bits per heavy atom. The summed E-state index contributed by atoms with van der Waals surface area (Å²) in [6.07, 6.45) is -2.61. The molecule has 0 amide bonds. The first-order chi connectivity index (χ1) is 14.7. The molecule has 1 saturated heterocycles. The van der Waals surface area contributed by atoms with Gasteiger partial charge >= 0.3 is 11.9 Å². The van der Waals surface area contributed by atoms with Gasteiger partial charge in [0.25, 0.3) is 5.56 Å². The Kier molecular flexibility index (Phi) is 7.04. The predicted octanol–water partition coefficient (Wildman–Crippen LogP) is 1.51. The standard InChI is InChI=1S/C20H27F3N6O2/c1-26-18(30)17(25-27(2)19(26)31)24-8-3-4-9-28-10-12-29(13-11-28)16-7-5-6-15(14-16)20(21,22)23/h5-7,14H,3-4,8-13H2,1-2H3,(H,24,25). The number of nitrogens with zero attached hydrogens (tertiary/aromatic N) is 5. The van der Waals surface area contributed by atoms with Gasteiger partial charge in [0.1, 0.15) is 0 Å². The zero-order chi connectivity index (χ0) is 22.6. The molecule has 1 aromatic carbocycles. The first-order valence-corrected chi connectivity index (χ1v) is 10.2. The lowest BCUT2D eigenvalue weighted by Gasteiger charge is -2.36. The molecule has 1 fully saturated rings. The van der Waals surface area contributed by atoms with Crippen LogP contribution in [0.5, 0.6) is 0 Å². The largest absolute Gasteiger partial charge is 0.416 e. The molecule has 1 aliphatic rings. The third-order valence-corrected chi connectivity index (χ3v) is 5.43. The van der Waals surface area contributed by atoms with Gasteiger partial charge in [-0.2, -0.15) is 13.2 Å². The van der Waals surface area contributed by atoms with Crippen molar-refractivity contribution in [1.82, 2.24) is 19.2 Å². The molecule has 170 valence electrons. The van der Waals surface area contributed by atoms with Gasteiger partial charge in [-0.1, -0.05) is 6.07 Å². The number of nitrogens with one attached hydrogen (secondary N) is 1. The predicted molar refractivity (Wildman–Crippen MR) is 113 cm³/mol. The van der Waals surface area contributed by atoms with Crippen LogP contribution in [0, 0.1) is 0 Å². The molecule has 1 aromatic heterocycles. The number of benzene rings is 1. The van der Waals surface area contributed by atoms with Gasteiger partial charge in [-0.15, -0.1) is 5.10 Å². The SMILES string of the molecule is Cn1nc(NCCCCN2CCN(c3cccc(C(F)(F)F)c3)CC2)c(=O)n(C)c1=O. The number of piperazine rings is 1. The smallest absolute Gasteiger partial charge is 0.369 e. The number of aryl methyl sites for hydroxylation is 1. The van der Waals surface area contributed by atoms with Crippen LogP contribution < -0.4 is 21.5 Å². The van der Waals surface area contributed by atoms with Crippen molar-refractivity contribution in [2.24, 2.45) is 14.1 Å². The topological polar surface area (TPSA) is 75.4 Å². The summed E-state index contributed by atoms with van der Waals surface area (Å²) in [7, 11) is 2.91. The molecule has 2 heterocycles. The van der Waals surface area contributed by atoms with Crippen LogP contribution >= 0.6 is 0 Å². The zero-order valence-corrected chi connectivity index (χ0v) is 17.7. The van der Waals surface area contributed by atoms with E-state index in [0.717, 1.165) is 47.8 Å². The molecule has 31 heavy (non-hydrogen) atoms. The van der Waals surface area contributed by atoms with Crippen molar-refractivity contribution >= 4 is 11.5 Å². The van der Waals surface area contributed by atoms with E-state index in [-0.39, 0.29) is 5.82 Å². The highest BCUT2D eigenvalue weighted by molar-refractivity contribution is 5.49. The van der Waals surface area contributed by atoms with E-state index in [4.69, 9.17) is 0 Å². The maximum atomic E-state index is 12.9. The first-order valence-electron chi connectivity index (χ1n) is 10.2. The summed E-state index contributed by atoms with van der Waals surface area (Å²) in [6.45, 7) is 4.36. The van der Waals surface area contributed by atoms with E-state index in [2.05, 4.69) is 15.3 Å². The average molecular weight is 440 g/mol. The van der Waals surface area contributed by atoms with Gasteiger partial charge in [-0.3, -0.25) is 14.3 Å². The summed E-state index contributed by atoms with van der Waals surface area (Å²) in [6, 6.07) is 5.46. The van der Waals surface area contributed by atoms with Crippen LogP contribution in [0.4, 0.5) is 24.7 Å². The summed E-state index contributed by atoms with van der Waals surface area (Å²) >= 11 is 0. The van der Waals surface area contributed by atoms with Gasteiger partial charge in [0.15, 0.2) is 0 Å². The maximum absolute atomic E-state index is 12.9. The molecule has 1 aliphatic heterocycles. The maximum Gasteiger partial charge on any atom is 0.416 e. The van der Waals surface area contributed by atoms with E-state index in [9.17, 15) is 22.8 Å². The highest BCUT2D eigenvalue weighted by atomic mass is 19.4. The highest BCUT2D eigenvalue weighted by Gasteiger charge is 2.31. The molecule has 8 nitrogen and oxygen atoms in total. The van der Waals surface area contributed by atoms with Crippen LogP contribution in [0.3, 0.4) is 0 Å². The number of halogens is 3. The van der Waals surface area contributed by atoms with Gasteiger partial charge in [-0.25, -0.2) is 9.48 Å².